The van der Waals surface area contributed by atoms with Crippen LogP contribution in [0.3, 0.4) is 0 Å². The Balaban J connectivity index is 0.00000225. The van der Waals surface area contributed by atoms with Crippen LogP contribution in [0.15, 0.2) is 48.5 Å². The van der Waals surface area contributed by atoms with Crippen molar-refractivity contribution in [1.82, 2.24) is 14.8 Å². The van der Waals surface area contributed by atoms with Crippen molar-refractivity contribution in [1.29, 1.82) is 0 Å². The van der Waals surface area contributed by atoms with Crippen LogP contribution in [0, 0.1) is 5.82 Å². The maximum atomic E-state index is 13.1. The zero-order valence-electron chi connectivity index (χ0n) is 14.1. The summed E-state index contributed by atoms with van der Waals surface area (Å²) in [4.78, 5) is 3.70. The van der Waals surface area contributed by atoms with E-state index in [1.807, 2.05) is 35.5 Å². The first kappa shape index (κ1) is 18.5. The number of halogens is 2. The quantitative estimate of drug-likeness (QED) is 0.767. The number of aromatic hydroxyl groups is 1. The third kappa shape index (κ3) is 3.66. The Kier molecular flexibility index (Phi) is 5.48. The number of aromatic nitrogens is 3. The molecule has 0 saturated heterocycles. The highest BCUT2D eigenvalue weighted by Crippen LogP contribution is 2.28. The molecule has 0 fully saturated rings. The number of anilines is 4. The molecule has 132 valence electrons. The van der Waals surface area contributed by atoms with Gasteiger partial charge in [-0.1, -0.05) is 0 Å². The standard InChI is InChI=1S/C17H18FN5O.ClH/c1-21(13-6-4-12(18)5-7-13)16-19-20-17(23(16)3)22(2)14-8-10-15(24)11-9-14;/h4-11,24H,1-3H3;1H. The average molecular weight is 364 g/mol. The molecule has 0 saturated carbocycles. The summed E-state index contributed by atoms with van der Waals surface area (Å²) in [5.74, 6) is 1.20. The van der Waals surface area contributed by atoms with E-state index >= 15 is 0 Å². The van der Waals surface area contributed by atoms with Crippen LogP contribution in [0.2, 0.25) is 0 Å². The molecule has 6 nitrogen and oxygen atoms in total. The minimum absolute atomic E-state index is 0. The third-order valence-corrected chi connectivity index (χ3v) is 3.88. The van der Waals surface area contributed by atoms with Crippen LogP contribution in [0.5, 0.6) is 5.75 Å². The van der Waals surface area contributed by atoms with Crippen molar-refractivity contribution in [3.8, 4) is 5.75 Å². The van der Waals surface area contributed by atoms with Gasteiger partial charge >= 0.3 is 0 Å². The van der Waals surface area contributed by atoms with E-state index in [0.717, 1.165) is 11.4 Å². The molecule has 0 aliphatic carbocycles. The van der Waals surface area contributed by atoms with Gasteiger partial charge in [-0.3, -0.25) is 4.57 Å². The fourth-order valence-electron chi connectivity index (χ4n) is 2.47. The second-order valence-electron chi connectivity index (χ2n) is 5.47. The van der Waals surface area contributed by atoms with E-state index in [-0.39, 0.29) is 24.0 Å². The van der Waals surface area contributed by atoms with Crippen LogP contribution in [-0.4, -0.2) is 34.0 Å². The highest BCUT2D eigenvalue weighted by molar-refractivity contribution is 5.85. The molecule has 2 aromatic carbocycles. The Morgan fingerprint density at radius 3 is 1.68 bits per heavy atom. The molecule has 3 rings (SSSR count). The SMILES string of the molecule is CN(c1ccc(O)cc1)c1nnc(N(C)c2ccc(F)cc2)n1C.Cl. The van der Waals surface area contributed by atoms with Gasteiger partial charge < -0.3 is 14.9 Å². The molecule has 1 aromatic heterocycles. The molecule has 0 amide bonds. The molecule has 0 spiro atoms. The Morgan fingerprint density at radius 1 is 0.840 bits per heavy atom. The predicted octanol–water partition coefficient (Wildman–Crippen LogP) is 3.62. The summed E-state index contributed by atoms with van der Waals surface area (Å²) in [6, 6.07) is 13.0. The summed E-state index contributed by atoms with van der Waals surface area (Å²) >= 11 is 0. The van der Waals surface area contributed by atoms with Crippen LogP contribution < -0.4 is 9.80 Å². The first-order chi connectivity index (χ1) is 11.5. The number of hydrogen-bond donors (Lipinski definition) is 1. The molecule has 0 atom stereocenters. The average Bonchev–Trinajstić information content (AvgIpc) is 2.96. The summed E-state index contributed by atoms with van der Waals surface area (Å²) < 4.78 is 14.9. The molecule has 0 unspecified atom stereocenters. The van der Waals surface area contributed by atoms with Gasteiger partial charge in [-0.15, -0.1) is 22.6 Å². The molecule has 0 aliphatic heterocycles. The van der Waals surface area contributed by atoms with Crippen molar-refractivity contribution < 1.29 is 9.50 Å². The fraction of sp³-hybridized carbons (Fsp3) is 0.176. The van der Waals surface area contributed by atoms with Crippen LogP contribution in [-0.2, 0) is 7.05 Å². The third-order valence-electron chi connectivity index (χ3n) is 3.88. The van der Waals surface area contributed by atoms with E-state index in [2.05, 4.69) is 10.2 Å². The summed E-state index contributed by atoms with van der Waals surface area (Å²) in [7, 11) is 5.58. The second-order valence-corrected chi connectivity index (χ2v) is 5.47. The fourth-order valence-corrected chi connectivity index (χ4v) is 2.47. The number of phenols is 1. The first-order valence-corrected chi connectivity index (χ1v) is 7.39. The van der Waals surface area contributed by atoms with Gasteiger partial charge in [0.15, 0.2) is 0 Å². The van der Waals surface area contributed by atoms with Gasteiger partial charge in [0.2, 0.25) is 11.9 Å². The molecule has 8 heteroatoms. The molecule has 3 aromatic rings. The molecular formula is C17H19ClFN5O. The van der Waals surface area contributed by atoms with Crippen molar-refractivity contribution in [2.75, 3.05) is 23.9 Å². The van der Waals surface area contributed by atoms with E-state index in [9.17, 15) is 9.50 Å². The lowest BCUT2D eigenvalue weighted by Gasteiger charge is -2.21. The zero-order chi connectivity index (χ0) is 17.3. The van der Waals surface area contributed by atoms with E-state index < -0.39 is 0 Å². The maximum absolute atomic E-state index is 13.1. The smallest absolute Gasteiger partial charge is 0.232 e. The number of phenolic OH excluding ortho intramolecular Hbond substituents is 1. The maximum Gasteiger partial charge on any atom is 0.232 e. The normalized spacial score (nSPS) is 10.2. The monoisotopic (exact) mass is 363 g/mol. The van der Waals surface area contributed by atoms with Gasteiger partial charge in [0.05, 0.1) is 0 Å². The molecular weight excluding hydrogens is 345 g/mol. The van der Waals surface area contributed by atoms with E-state index in [0.29, 0.717) is 11.9 Å². The lowest BCUT2D eigenvalue weighted by atomic mass is 10.3. The van der Waals surface area contributed by atoms with Crippen LogP contribution >= 0.6 is 12.4 Å². The Hall–Kier alpha value is -2.80. The number of rotatable bonds is 4. The number of hydrogen-bond acceptors (Lipinski definition) is 5. The summed E-state index contributed by atoms with van der Waals surface area (Å²) in [6.07, 6.45) is 0. The Labute approximate surface area is 151 Å². The topological polar surface area (TPSA) is 57.4 Å². The van der Waals surface area contributed by atoms with Crippen molar-refractivity contribution in [3.05, 3.63) is 54.3 Å². The summed E-state index contributed by atoms with van der Waals surface area (Å²) in [5, 5.41) is 17.9. The van der Waals surface area contributed by atoms with E-state index in [4.69, 9.17) is 0 Å². The van der Waals surface area contributed by atoms with Crippen molar-refractivity contribution >= 4 is 35.7 Å². The largest absolute Gasteiger partial charge is 0.508 e. The van der Waals surface area contributed by atoms with Gasteiger partial charge in [-0.05, 0) is 48.5 Å². The lowest BCUT2D eigenvalue weighted by Crippen LogP contribution is -2.18. The zero-order valence-corrected chi connectivity index (χ0v) is 14.9. The van der Waals surface area contributed by atoms with Crippen LogP contribution in [0.25, 0.3) is 0 Å². The minimum atomic E-state index is -0.280. The number of nitrogens with zero attached hydrogens (tertiary/aromatic N) is 5. The van der Waals surface area contributed by atoms with Crippen molar-refractivity contribution in [2.45, 2.75) is 0 Å². The van der Waals surface area contributed by atoms with Crippen LogP contribution in [0.4, 0.5) is 27.7 Å². The van der Waals surface area contributed by atoms with E-state index in [1.54, 1.807) is 36.4 Å². The first-order valence-electron chi connectivity index (χ1n) is 7.39. The molecule has 0 aliphatic rings. The predicted molar refractivity (Wildman–Crippen MR) is 98.9 cm³/mol. The molecule has 0 radical (unpaired) electrons. The van der Waals surface area contributed by atoms with Crippen molar-refractivity contribution in [2.24, 2.45) is 7.05 Å². The molecule has 1 N–H and O–H groups in total. The number of benzene rings is 2. The van der Waals surface area contributed by atoms with Crippen LogP contribution in [0.1, 0.15) is 0 Å². The minimum Gasteiger partial charge on any atom is -0.508 e. The molecule has 25 heavy (non-hydrogen) atoms. The Bertz CT molecular complexity index is 766. The Morgan fingerprint density at radius 2 is 1.24 bits per heavy atom. The van der Waals surface area contributed by atoms with Gasteiger partial charge in [-0.25, -0.2) is 4.39 Å². The van der Waals surface area contributed by atoms with E-state index in [1.165, 1.54) is 12.1 Å². The highest BCUT2D eigenvalue weighted by atomic mass is 35.5. The molecule has 0 bridgehead atoms. The molecule has 1 heterocycles. The highest BCUT2D eigenvalue weighted by Gasteiger charge is 2.17. The summed E-state index contributed by atoms with van der Waals surface area (Å²) in [6.45, 7) is 0. The van der Waals surface area contributed by atoms with Gasteiger partial charge in [0.1, 0.15) is 11.6 Å². The second kappa shape index (κ2) is 7.40. The van der Waals surface area contributed by atoms with Gasteiger partial charge in [0, 0.05) is 32.5 Å². The van der Waals surface area contributed by atoms with Gasteiger partial charge in [-0.2, -0.15) is 0 Å². The van der Waals surface area contributed by atoms with Gasteiger partial charge in [0.25, 0.3) is 0 Å². The summed E-state index contributed by atoms with van der Waals surface area (Å²) in [5.41, 5.74) is 1.69. The lowest BCUT2D eigenvalue weighted by molar-refractivity contribution is 0.475. The van der Waals surface area contributed by atoms with Crippen molar-refractivity contribution in [3.63, 3.8) is 0 Å².